The number of sulfonamides is 1. The molecule has 61 heavy (non-hydrogen) atoms. The molecule has 4 heterocycles. The summed E-state index contributed by atoms with van der Waals surface area (Å²) < 4.78 is 41.1. The summed E-state index contributed by atoms with van der Waals surface area (Å²) in [6.45, 7) is 2.13. The zero-order valence-corrected chi connectivity index (χ0v) is 36.5. The van der Waals surface area contributed by atoms with Crippen LogP contribution in [0.25, 0.3) is 21.6 Å². The van der Waals surface area contributed by atoms with Crippen molar-refractivity contribution in [2.45, 2.75) is 164 Å². The van der Waals surface area contributed by atoms with Gasteiger partial charge in [-0.15, -0.1) is 11.3 Å². The molecule has 16 heteroatoms. The Morgan fingerprint density at radius 3 is 2.46 bits per heavy atom. The number of hydrogen-bond acceptors (Lipinski definition) is 11. The van der Waals surface area contributed by atoms with Gasteiger partial charge in [0, 0.05) is 12.3 Å². The molecule has 3 aromatic rings. The first-order chi connectivity index (χ1) is 29.6. The van der Waals surface area contributed by atoms with Crippen LogP contribution < -0.4 is 20.1 Å². The second kappa shape index (κ2) is 18.8. The number of carbonyl (C=O) groups excluding carboxylic acids is 4. The van der Waals surface area contributed by atoms with Crippen LogP contribution in [0.2, 0.25) is 0 Å². The van der Waals surface area contributed by atoms with E-state index in [0.717, 1.165) is 69.1 Å². The van der Waals surface area contributed by atoms with E-state index in [2.05, 4.69) is 22.3 Å². The maximum absolute atomic E-state index is 15.3. The van der Waals surface area contributed by atoms with E-state index in [4.69, 9.17) is 19.4 Å². The Balaban J connectivity index is 1.17. The van der Waals surface area contributed by atoms with Crippen LogP contribution in [0, 0.1) is 5.92 Å². The summed E-state index contributed by atoms with van der Waals surface area (Å²) in [5.41, 5.74) is 0.361. The fraction of sp³-hybridized carbons (Fsp3) is 0.600. The largest absolute Gasteiger partial charge is 0.470 e. The van der Waals surface area contributed by atoms with Gasteiger partial charge in [-0.25, -0.2) is 23.2 Å². The van der Waals surface area contributed by atoms with E-state index < -0.39 is 74.8 Å². The van der Waals surface area contributed by atoms with Gasteiger partial charge in [0.1, 0.15) is 35.5 Å². The number of allylic oxidation sites excluding steroid dienone is 1. The summed E-state index contributed by atoms with van der Waals surface area (Å²) in [7, 11) is -3.91. The highest BCUT2D eigenvalue weighted by atomic mass is 32.2. The van der Waals surface area contributed by atoms with Crippen LogP contribution in [0.3, 0.4) is 0 Å². The molecular weight excluding hydrogens is 817 g/mol. The average Bonchev–Trinajstić information content (AvgIpc) is 4.01. The van der Waals surface area contributed by atoms with E-state index in [1.807, 2.05) is 53.9 Å². The van der Waals surface area contributed by atoms with Crippen LogP contribution in [-0.4, -0.2) is 88.2 Å². The molecule has 4 unspecified atom stereocenters. The van der Waals surface area contributed by atoms with Gasteiger partial charge in [0.25, 0.3) is 5.91 Å². The lowest BCUT2D eigenvalue weighted by atomic mass is 10.0. The molecule has 2 aliphatic heterocycles. The van der Waals surface area contributed by atoms with E-state index in [1.165, 1.54) is 11.3 Å². The minimum Gasteiger partial charge on any atom is -0.470 e. The third-order valence-electron chi connectivity index (χ3n) is 12.9. The molecule has 328 valence electrons. The Morgan fingerprint density at radius 2 is 1.72 bits per heavy atom. The number of rotatable bonds is 13. The van der Waals surface area contributed by atoms with Crippen LogP contribution in [-0.2, 0) is 29.1 Å². The van der Waals surface area contributed by atoms with Crippen LogP contribution >= 0.6 is 11.3 Å². The van der Waals surface area contributed by atoms with Crippen molar-refractivity contribution in [3.8, 4) is 16.5 Å². The van der Waals surface area contributed by atoms with E-state index in [0.29, 0.717) is 55.3 Å². The topological polar surface area (TPSA) is 186 Å². The zero-order valence-electron chi connectivity index (χ0n) is 34.9. The normalized spacial score (nSPS) is 27.9. The monoisotopic (exact) mass is 874 g/mol. The number of amides is 4. The van der Waals surface area contributed by atoms with E-state index >= 15 is 4.79 Å². The molecule has 14 nitrogen and oxygen atoms in total. The molecule has 4 amide bonds. The van der Waals surface area contributed by atoms with Crippen molar-refractivity contribution in [2.24, 2.45) is 5.92 Å². The van der Waals surface area contributed by atoms with Crippen LogP contribution in [0.15, 0.2) is 53.9 Å². The van der Waals surface area contributed by atoms with Crippen molar-refractivity contribution in [2.75, 3.05) is 0 Å². The number of fused-ring (bicyclic) bond motifs is 3. The standard InChI is InChI=1S/C45H58N6O8S2/c1-2-3-4-10-22-35-37(59-41-39(38-23-15-26-60-38)46-32-19-13-14-20-33(32)47-41)27-36-40(52)49-45(43(54)50-61(56,57)31-24-25-31)28-29(45)16-8-6-5-7-9-21-34(42(53)51(35)36)48-44(55)58-30-17-11-12-18-30/h8,13-16,19-20,23,26,29-31,34-37H,2-7,9-12,17-18,21-22,24-25,27-28H2,1H3,(H,48,55)(H,49,52)(H,50,54)/b16-8-/t29?,34?,35-,36?,37+,45?/m0/s1. The van der Waals surface area contributed by atoms with Crippen molar-refractivity contribution in [3.63, 3.8) is 0 Å². The summed E-state index contributed by atoms with van der Waals surface area (Å²) in [4.78, 5) is 70.2. The SMILES string of the molecule is CCCCCC[C@H]1[C@H](Oc2nc3ccccc3nc2-c2cccs2)CC2C(=O)NC3(C(=O)NS(=O)(=O)C4CC4)CC3/C=C\CCCCCC(NC(=O)OC3CCCC3)C(=O)N21. The van der Waals surface area contributed by atoms with E-state index in [9.17, 15) is 22.8 Å². The summed E-state index contributed by atoms with van der Waals surface area (Å²) in [6, 6.07) is 8.68. The second-order valence-electron chi connectivity index (χ2n) is 17.4. The lowest BCUT2D eigenvalue weighted by molar-refractivity contribution is -0.143. The first-order valence-electron chi connectivity index (χ1n) is 22.4. The number of thiophene rings is 1. The van der Waals surface area contributed by atoms with Crippen LogP contribution in [0.5, 0.6) is 5.88 Å². The molecule has 1 saturated heterocycles. The Kier molecular flexibility index (Phi) is 13.3. The minimum atomic E-state index is -3.91. The number of carbonyl (C=O) groups is 4. The highest BCUT2D eigenvalue weighted by molar-refractivity contribution is 7.91. The number of hydrogen-bond donors (Lipinski definition) is 3. The maximum atomic E-state index is 15.3. The summed E-state index contributed by atoms with van der Waals surface area (Å²) in [6.07, 6.45) is 14.4. The summed E-state index contributed by atoms with van der Waals surface area (Å²) >= 11 is 1.50. The van der Waals surface area contributed by atoms with Gasteiger partial charge in [0.15, 0.2) is 0 Å². The number of para-hydroxylation sites is 2. The van der Waals surface area contributed by atoms with Crippen molar-refractivity contribution < 1.29 is 37.1 Å². The molecule has 3 N–H and O–H groups in total. The fourth-order valence-corrected chi connectivity index (χ4v) is 11.3. The Morgan fingerprint density at radius 1 is 0.951 bits per heavy atom. The predicted molar refractivity (Wildman–Crippen MR) is 232 cm³/mol. The Hall–Kier alpha value is -4.57. The minimum absolute atomic E-state index is 0.0617. The van der Waals surface area contributed by atoms with Gasteiger partial charge in [-0.05, 0) is 94.2 Å². The average molecular weight is 875 g/mol. The van der Waals surface area contributed by atoms with Gasteiger partial charge in [-0.3, -0.25) is 19.1 Å². The molecule has 8 rings (SSSR count). The number of ether oxygens (including phenoxy) is 2. The number of alkyl carbamates (subject to hydrolysis) is 1. The van der Waals surface area contributed by atoms with Gasteiger partial charge in [0.05, 0.1) is 27.2 Å². The molecule has 4 fully saturated rings. The predicted octanol–water partition coefficient (Wildman–Crippen LogP) is 7.09. The molecule has 2 aromatic heterocycles. The van der Waals surface area contributed by atoms with E-state index in [1.54, 1.807) is 4.90 Å². The van der Waals surface area contributed by atoms with E-state index in [-0.39, 0.29) is 24.8 Å². The molecular formula is C45H58N6O8S2. The number of benzene rings is 1. The molecule has 5 aliphatic rings. The molecule has 3 saturated carbocycles. The first kappa shape index (κ1) is 43.1. The highest BCUT2D eigenvalue weighted by Crippen LogP contribution is 2.47. The zero-order chi connectivity index (χ0) is 42.6. The molecule has 3 aliphatic carbocycles. The van der Waals surface area contributed by atoms with Crippen molar-refractivity contribution >= 4 is 56.2 Å². The summed E-state index contributed by atoms with van der Waals surface area (Å²) in [5.74, 6) is -1.93. The van der Waals surface area contributed by atoms with Gasteiger partial charge in [-0.1, -0.05) is 75.8 Å². The lowest BCUT2D eigenvalue weighted by Gasteiger charge is -2.34. The van der Waals surface area contributed by atoms with Gasteiger partial charge < -0.3 is 25.0 Å². The number of nitrogens with zero attached hydrogens (tertiary/aromatic N) is 3. The van der Waals surface area contributed by atoms with Crippen molar-refractivity contribution in [3.05, 3.63) is 53.9 Å². The summed E-state index contributed by atoms with van der Waals surface area (Å²) in [5, 5.41) is 7.24. The Labute approximate surface area is 362 Å². The smallest absolute Gasteiger partial charge is 0.408 e. The number of nitrogens with one attached hydrogen (secondary N) is 3. The van der Waals surface area contributed by atoms with Gasteiger partial charge in [-0.2, -0.15) is 0 Å². The molecule has 1 aromatic carbocycles. The number of aromatic nitrogens is 2. The van der Waals surface area contributed by atoms with Crippen LogP contribution in [0.1, 0.15) is 122 Å². The molecule has 0 bridgehead atoms. The third kappa shape index (κ3) is 9.90. The molecule has 0 spiro atoms. The van der Waals surface area contributed by atoms with Crippen molar-refractivity contribution in [1.82, 2.24) is 30.2 Å². The van der Waals surface area contributed by atoms with Gasteiger partial charge >= 0.3 is 6.09 Å². The molecule has 6 atom stereocenters. The Bertz CT molecular complexity index is 2210. The quantitative estimate of drug-likeness (QED) is 0.118. The lowest BCUT2D eigenvalue weighted by Crippen LogP contribution is -2.59. The fourth-order valence-electron chi connectivity index (χ4n) is 9.25. The van der Waals surface area contributed by atoms with Gasteiger partial charge in [0.2, 0.25) is 27.7 Å². The van der Waals surface area contributed by atoms with Crippen LogP contribution in [0.4, 0.5) is 4.79 Å². The maximum Gasteiger partial charge on any atom is 0.408 e. The molecule has 0 radical (unpaired) electrons. The second-order valence-corrected chi connectivity index (χ2v) is 20.3. The first-order valence-corrected chi connectivity index (χ1v) is 24.8. The third-order valence-corrected chi connectivity index (χ3v) is 15.6. The van der Waals surface area contributed by atoms with Crippen molar-refractivity contribution in [1.29, 1.82) is 0 Å². The number of unbranched alkanes of at least 4 members (excludes halogenated alkanes) is 3. The highest BCUT2D eigenvalue weighted by Gasteiger charge is 2.62.